The number of benzene rings is 1. The normalized spacial score (nSPS) is 10.9. The van der Waals surface area contributed by atoms with Crippen LogP contribution in [0.2, 0.25) is 0 Å². The van der Waals surface area contributed by atoms with Gasteiger partial charge in [0.1, 0.15) is 0 Å². The van der Waals surface area contributed by atoms with E-state index in [0.717, 1.165) is 16.9 Å². The molecule has 3 aromatic rings. The smallest absolute Gasteiger partial charge is 0.272 e. The van der Waals surface area contributed by atoms with Crippen molar-refractivity contribution in [3.05, 3.63) is 77.4 Å². The maximum Gasteiger partial charge on any atom is 0.272 e. The van der Waals surface area contributed by atoms with E-state index in [1.54, 1.807) is 23.1 Å². The van der Waals surface area contributed by atoms with Crippen LogP contribution >= 0.6 is 0 Å². The van der Waals surface area contributed by atoms with Crippen LogP contribution < -0.4 is 5.32 Å². The molecule has 128 valence electrons. The summed E-state index contributed by atoms with van der Waals surface area (Å²) in [5.41, 5.74) is 4.58. The molecule has 0 unspecified atom stereocenters. The lowest BCUT2D eigenvalue weighted by Gasteiger charge is -2.08. The molecule has 0 saturated carbocycles. The van der Waals surface area contributed by atoms with E-state index in [9.17, 15) is 4.79 Å². The molecule has 0 bridgehead atoms. The van der Waals surface area contributed by atoms with Crippen LogP contribution in [0, 0.1) is 6.92 Å². The molecular formula is C20H22N4O. The molecule has 0 aliphatic rings. The molecule has 2 aromatic heterocycles. The molecule has 2 heterocycles. The van der Waals surface area contributed by atoms with E-state index < -0.39 is 0 Å². The van der Waals surface area contributed by atoms with Gasteiger partial charge < -0.3 is 5.32 Å². The first kappa shape index (κ1) is 16.9. The molecule has 0 atom stereocenters. The third-order valence-corrected chi connectivity index (χ3v) is 4.13. The van der Waals surface area contributed by atoms with Gasteiger partial charge in [0.15, 0.2) is 5.69 Å². The van der Waals surface area contributed by atoms with Gasteiger partial charge in [-0.05, 0) is 54.3 Å². The Balaban J connectivity index is 1.74. The number of hydrogen-bond acceptors (Lipinski definition) is 3. The number of hydrogen-bond donors (Lipinski definition) is 1. The van der Waals surface area contributed by atoms with Gasteiger partial charge in [0.2, 0.25) is 0 Å². The van der Waals surface area contributed by atoms with Crippen molar-refractivity contribution in [2.75, 3.05) is 0 Å². The van der Waals surface area contributed by atoms with Crippen molar-refractivity contribution in [1.82, 2.24) is 20.1 Å². The highest BCUT2D eigenvalue weighted by Gasteiger charge is 2.13. The number of rotatable bonds is 5. The molecule has 5 heteroatoms. The minimum absolute atomic E-state index is 0.183. The fraction of sp³-hybridized carbons (Fsp3) is 0.250. The summed E-state index contributed by atoms with van der Waals surface area (Å²) in [5, 5.41) is 7.35. The molecule has 1 N–H and O–H groups in total. The summed E-state index contributed by atoms with van der Waals surface area (Å²) < 4.78 is 1.80. The zero-order chi connectivity index (χ0) is 17.8. The van der Waals surface area contributed by atoms with E-state index in [-0.39, 0.29) is 5.91 Å². The first-order valence-electron chi connectivity index (χ1n) is 8.38. The number of carbonyl (C=O) groups is 1. The third kappa shape index (κ3) is 3.94. The lowest BCUT2D eigenvalue weighted by Crippen LogP contribution is -2.23. The van der Waals surface area contributed by atoms with Crippen molar-refractivity contribution < 1.29 is 4.79 Å². The number of carbonyl (C=O) groups excluding carboxylic acids is 1. The van der Waals surface area contributed by atoms with Gasteiger partial charge in [-0.1, -0.05) is 26.0 Å². The average molecular weight is 334 g/mol. The lowest BCUT2D eigenvalue weighted by molar-refractivity contribution is 0.0945. The van der Waals surface area contributed by atoms with Gasteiger partial charge in [0.05, 0.1) is 5.69 Å². The van der Waals surface area contributed by atoms with Gasteiger partial charge in [0, 0.05) is 24.6 Å². The predicted octanol–water partition coefficient (Wildman–Crippen LogP) is 3.63. The highest BCUT2D eigenvalue weighted by molar-refractivity contribution is 5.92. The average Bonchev–Trinajstić information content (AvgIpc) is 3.02. The standard InChI is InChI=1S/C20H22N4O/c1-14(2)17-4-6-18(7-5-17)24-15(3)12-19(23-24)20(25)22-13-16-8-10-21-11-9-16/h4-12,14H,13H2,1-3H3,(H,22,25). The minimum Gasteiger partial charge on any atom is -0.347 e. The summed E-state index contributed by atoms with van der Waals surface area (Å²) in [6, 6.07) is 13.8. The van der Waals surface area contributed by atoms with Crippen LogP contribution in [-0.2, 0) is 6.54 Å². The van der Waals surface area contributed by atoms with E-state index in [0.29, 0.717) is 18.2 Å². The van der Waals surface area contributed by atoms with Crippen molar-refractivity contribution >= 4 is 5.91 Å². The molecular weight excluding hydrogens is 312 g/mol. The molecule has 0 saturated heterocycles. The number of nitrogens with one attached hydrogen (secondary N) is 1. The van der Waals surface area contributed by atoms with Crippen LogP contribution in [-0.4, -0.2) is 20.7 Å². The van der Waals surface area contributed by atoms with Crippen LogP contribution in [0.5, 0.6) is 0 Å². The van der Waals surface area contributed by atoms with Crippen molar-refractivity contribution in [3.8, 4) is 5.69 Å². The fourth-order valence-corrected chi connectivity index (χ4v) is 2.62. The quantitative estimate of drug-likeness (QED) is 0.775. The second-order valence-corrected chi connectivity index (χ2v) is 6.37. The van der Waals surface area contributed by atoms with Crippen molar-refractivity contribution in [2.45, 2.75) is 33.2 Å². The van der Waals surface area contributed by atoms with E-state index in [4.69, 9.17) is 0 Å². The van der Waals surface area contributed by atoms with E-state index in [1.807, 2.05) is 31.2 Å². The third-order valence-electron chi connectivity index (χ3n) is 4.13. The predicted molar refractivity (Wildman–Crippen MR) is 97.8 cm³/mol. The Hall–Kier alpha value is -2.95. The Morgan fingerprint density at radius 3 is 2.44 bits per heavy atom. The SMILES string of the molecule is Cc1cc(C(=O)NCc2ccncc2)nn1-c1ccc(C(C)C)cc1. The maximum absolute atomic E-state index is 12.4. The van der Waals surface area contributed by atoms with Gasteiger partial charge in [-0.15, -0.1) is 0 Å². The van der Waals surface area contributed by atoms with Crippen LogP contribution in [0.3, 0.4) is 0 Å². The van der Waals surface area contributed by atoms with Crippen molar-refractivity contribution in [3.63, 3.8) is 0 Å². The first-order chi connectivity index (χ1) is 12.0. The Morgan fingerprint density at radius 1 is 1.12 bits per heavy atom. The number of aryl methyl sites for hydroxylation is 1. The van der Waals surface area contributed by atoms with Crippen molar-refractivity contribution in [2.24, 2.45) is 0 Å². The summed E-state index contributed by atoms with van der Waals surface area (Å²) >= 11 is 0. The van der Waals surface area contributed by atoms with Gasteiger partial charge in [-0.2, -0.15) is 5.10 Å². The molecule has 1 aromatic carbocycles. The molecule has 25 heavy (non-hydrogen) atoms. The number of amides is 1. The fourth-order valence-electron chi connectivity index (χ4n) is 2.62. The Bertz CT molecular complexity index is 851. The zero-order valence-corrected chi connectivity index (χ0v) is 14.7. The molecule has 3 rings (SSSR count). The number of pyridine rings is 1. The number of aromatic nitrogens is 3. The zero-order valence-electron chi connectivity index (χ0n) is 14.7. The largest absolute Gasteiger partial charge is 0.347 e. The molecule has 5 nitrogen and oxygen atoms in total. The van der Waals surface area contributed by atoms with Gasteiger partial charge >= 0.3 is 0 Å². The van der Waals surface area contributed by atoms with Crippen LogP contribution in [0.15, 0.2) is 54.9 Å². The van der Waals surface area contributed by atoms with E-state index in [2.05, 4.69) is 41.4 Å². The molecule has 1 amide bonds. The molecule has 0 radical (unpaired) electrons. The highest BCUT2D eigenvalue weighted by Crippen LogP contribution is 2.18. The maximum atomic E-state index is 12.4. The second kappa shape index (κ2) is 7.30. The lowest BCUT2D eigenvalue weighted by atomic mass is 10.0. The summed E-state index contributed by atoms with van der Waals surface area (Å²) in [6.45, 7) is 6.73. The van der Waals surface area contributed by atoms with Gasteiger partial charge in [-0.25, -0.2) is 4.68 Å². The molecule has 0 spiro atoms. The van der Waals surface area contributed by atoms with Gasteiger partial charge in [0.25, 0.3) is 5.91 Å². The Labute approximate surface area is 147 Å². The van der Waals surface area contributed by atoms with E-state index >= 15 is 0 Å². The van der Waals surface area contributed by atoms with E-state index in [1.165, 1.54) is 5.56 Å². The Kier molecular flexibility index (Phi) is 4.93. The molecule has 0 fully saturated rings. The van der Waals surface area contributed by atoms with Gasteiger partial charge in [-0.3, -0.25) is 9.78 Å². The summed E-state index contributed by atoms with van der Waals surface area (Å²) in [7, 11) is 0. The topological polar surface area (TPSA) is 59.8 Å². The Morgan fingerprint density at radius 2 is 1.80 bits per heavy atom. The van der Waals surface area contributed by atoms with Crippen LogP contribution in [0.1, 0.15) is 47.1 Å². The highest BCUT2D eigenvalue weighted by atomic mass is 16.1. The van der Waals surface area contributed by atoms with Crippen molar-refractivity contribution in [1.29, 1.82) is 0 Å². The first-order valence-corrected chi connectivity index (χ1v) is 8.38. The van der Waals surface area contributed by atoms with Crippen LogP contribution in [0.4, 0.5) is 0 Å². The summed E-state index contributed by atoms with van der Waals surface area (Å²) in [6.07, 6.45) is 3.42. The van der Waals surface area contributed by atoms with Crippen LogP contribution in [0.25, 0.3) is 5.69 Å². The molecule has 0 aliphatic carbocycles. The molecule has 0 aliphatic heterocycles. The summed E-state index contributed by atoms with van der Waals surface area (Å²) in [4.78, 5) is 16.3. The second-order valence-electron chi connectivity index (χ2n) is 6.37. The number of nitrogens with zero attached hydrogens (tertiary/aromatic N) is 3. The summed E-state index contributed by atoms with van der Waals surface area (Å²) in [5.74, 6) is 0.305. The minimum atomic E-state index is -0.183. The monoisotopic (exact) mass is 334 g/mol.